The normalized spacial score (nSPS) is 22.2. The van der Waals surface area contributed by atoms with Crippen LogP contribution in [0.1, 0.15) is 16.7 Å². The van der Waals surface area contributed by atoms with Gasteiger partial charge in [-0.2, -0.15) is 8.42 Å². The Morgan fingerprint density at radius 1 is 0.706 bits per heavy atom. The van der Waals surface area contributed by atoms with E-state index in [9.17, 15) is 8.42 Å². The molecule has 1 aliphatic rings. The van der Waals surface area contributed by atoms with E-state index in [0.717, 1.165) is 16.7 Å². The number of rotatable bonds is 10. The molecule has 4 rings (SSSR count). The molecule has 3 aromatic rings. The second kappa shape index (κ2) is 12.2. The second-order valence-electron chi connectivity index (χ2n) is 7.92. The van der Waals surface area contributed by atoms with Crippen LogP contribution in [0.5, 0.6) is 0 Å². The van der Waals surface area contributed by atoms with Crippen molar-refractivity contribution in [3.63, 3.8) is 0 Å². The van der Waals surface area contributed by atoms with E-state index < -0.39 is 28.7 Å². The SMILES string of the molecule is O=S1(=O)OC[C@H](OCc2ccccc2)[C@@H](OCc2ccccc2)[C@H](COCc2ccccc2)O1. The van der Waals surface area contributed by atoms with E-state index in [-0.39, 0.29) is 26.4 Å². The van der Waals surface area contributed by atoms with Crippen LogP contribution in [0.2, 0.25) is 0 Å². The molecule has 0 spiro atoms. The molecule has 0 amide bonds. The Hall–Kier alpha value is -2.59. The zero-order valence-electron chi connectivity index (χ0n) is 18.7. The van der Waals surface area contributed by atoms with Crippen LogP contribution in [-0.4, -0.2) is 39.9 Å². The van der Waals surface area contributed by atoms with Crippen molar-refractivity contribution in [2.24, 2.45) is 0 Å². The lowest BCUT2D eigenvalue weighted by atomic mass is 10.1. The maximum atomic E-state index is 12.3. The molecule has 3 aromatic carbocycles. The summed E-state index contributed by atoms with van der Waals surface area (Å²) in [5.74, 6) is 0. The summed E-state index contributed by atoms with van der Waals surface area (Å²) in [7, 11) is -4.24. The predicted octanol–water partition coefficient (Wildman–Crippen LogP) is 4.03. The van der Waals surface area contributed by atoms with E-state index in [1.165, 1.54) is 0 Å². The largest absolute Gasteiger partial charge is 0.400 e. The monoisotopic (exact) mass is 484 g/mol. The van der Waals surface area contributed by atoms with Gasteiger partial charge in [0.15, 0.2) is 0 Å². The van der Waals surface area contributed by atoms with E-state index in [4.69, 9.17) is 22.6 Å². The zero-order valence-corrected chi connectivity index (χ0v) is 19.5. The van der Waals surface area contributed by atoms with Crippen LogP contribution < -0.4 is 0 Å². The van der Waals surface area contributed by atoms with Crippen molar-refractivity contribution in [3.8, 4) is 0 Å². The third-order valence-corrected chi connectivity index (χ3v) is 6.24. The van der Waals surface area contributed by atoms with Crippen molar-refractivity contribution in [1.29, 1.82) is 0 Å². The average Bonchev–Trinajstić information content (AvgIpc) is 2.98. The topological polar surface area (TPSA) is 80.3 Å². The van der Waals surface area contributed by atoms with Gasteiger partial charge >= 0.3 is 10.4 Å². The Morgan fingerprint density at radius 2 is 1.21 bits per heavy atom. The molecule has 180 valence electrons. The van der Waals surface area contributed by atoms with Gasteiger partial charge in [-0.3, -0.25) is 0 Å². The minimum Gasteiger partial charge on any atom is -0.374 e. The Balaban J connectivity index is 1.50. The molecule has 3 atom stereocenters. The third kappa shape index (κ3) is 7.46. The molecular weight excluding hydrogens is 456 g/mol. The molecule has 0 aliphatic carbocycles. The molecular formula is C26H28O7S. The highest BCUT2D eigenvalue weighted by molar-refractivity contribution is 7.81. The van der Waals surface area contributed by atoms with Gasteiger partial charge in [0.05, 0.1) is 33.0 Å². The van der Waals surface area contributed by atoms with Gasteiger partial charge in [0.25, 0.3) is 0 Å². The fraction of sp³-hybridized carbons (Fsp3) is 0.308. The first-order valence-corrected chi connectivity index (χ1v) is 12.4. The summed E-state index contributed by atoms with van der Waals surface area (Å²) in [6, 6.07) is 28.9. The Kier molecular flexibility index (Phi) is 8.81. The maximum absolute atomic E-state index is 12.3. The van der Waals surface area contributed by atoms with Crippen molar-refractivity contribution in [2.75, 3.05) is 13.2 Å². The van der Waals surface area contributed by atoms with Crippen LogP contribution in [0.15, 0.2) is 91.0 Å². The minimum absolute atomic E-state index is 0.0118. The van der Waals surface area contributed by atoms with Crippen LogP contribution in [-0.2, 0) is 52.8 Å². The van der Waals surface area contributed by atoms with Gasteiger partial charge in [-0.15, -0.1) is 0 Å². The van der Waals surface area contributed by atoms with Crippen LogP contribution in [0, 0.1) is 0 Å². The molecule has 0 N–H and O–H groups in total. The molecule has 1 fully saturated rings. The molecule has 0 radical (unpaired) electrons. The molecule has 7 nitrogen and oxygen atoms in total. The minimum atomic E-state index is -4.24. The van der Waals surface area contributed by atoms with Gasteiger partial charge < -0.3 is 14.2 Å². The Bertz CT molecular complexity index is 1090. The highest BCUT2D eigenvalue weighted by Crippen LogP contribution is 2.24. The fourth-order valence-corrected chi connectivity index (χ4v) is 4.43. The lowest BCUT2D eigenvalue weighted by Gasteiger charge is -2.29. The van der Waals surface area contributed by atoms with Crippen molar-refractivity contribution < 1.29 is 31.0 Å². The summed E-state index contributed by atoms with van der Waals surface area (Å²) in [6.45, 7) is 0.613. The first-order chi connectivity index (χ1) is 16.6. The van der Waals surface area contributed by atoms with Crippen molar-refractivity contribution in [3.05, 3.63) is 108 Å². The molecule has 8 heteroatoms. The Morgan fingerprint density at radius 3 is 1.76 bits per heavy atom. The summed E-state index contributed by atoms with van der Waals surface area (Å²) < 4.78 is 53.2. The summed E-state index contributed by atoms with van der Waals surface area (Å²) in [5.41, 5.74) is 2.87. The molecule has 0 unspecified atom stereocenters. The van der Waals surface area contributed by atoms with Gasteiger partial charge in [-0.05, 0) is 16.7 Å². The van der Waals surface area contributed by atoms with Crippen LogP contribution in [0.25, 0.3) is 0 Å². The van der Waals surface area contributed by atoms with Crippen molar-refractivity contribution in [1.82, 2.24) is 0 Å². The first-order valence-electron chi connectivity index (χ1n) is 11.1. The summed E-state index contributed by atoms with van der Waals surface area (Å²) in [6.07, 6.45) is -2.37. The van der Waals surface area contributed by atoms with E-state index in [2.05, 4.69) is 0 Å². The molecule has 0 aromatic heterocycles. The van der Waals surface area contributed by atoms with Crippen LogP contribution in [0.3, 0.4) is 0 Å². The van der Waals surface area contributed by atoms with Crippen molar-refractivity contribution >= 4 is 10.4 Å². The van der Waals surface area contributed by atoms with Crippen LogP contribution in [0.4, 0.5) is 0 Å². The Labute approximate surface area is 200 Å². The maximum Gasteiger partial charge on any atom is 0.400 e. The zero-order chi connectivity index (χ0) is 23.6. The number of ether oxygens (including phenoxy) is 3. The van der Waals surface area contributed by atoms with Crippen LogP contribution >= 0.6 is 0 Å². The number of hydrogen-bond donors (Lipinski definition) is 0. The molecule has 1 saturated heterocycles. The standard InChI is InChI=1S/C26H28O7S/c27-34(28)32-20-24(30-17-22-12-6-2-7-13-22)26(31-18-23-14-8-3-9-15-23)25(33-34)19-29-16-21-10-4-1-5-11-21/h1-15,24-26H,16-20H2/t24-,25-,26+/m0/s1. The first kappa shape index (κ1) is 24.5. The van der Waals surface area contributed by atoms with Gasteiger partial charge in [-0.1, -0.05) is 91.0 Å². The summed E-state index contributed by atoms with van der Waals surface area (Å²) >= 11 is 0. The fourth-order valence-electron chi connectivity index (χ4n) is 3.61. The van der Waals surface area contributed by atoms with Gasteiger partial charge in [0, 0.05) is 0 Å². The lowest BCUT2D eigenvalue weighted by Crippen LogP contribution is -2.45. The third-order valence-electron chi connectivity index (χ3n) is 5.34. The van der Waals surface area contributed by atoms with Crippen molar-refractivity contribution in [2.45, 2.75) is 38.1 Å². The highest BCUT2D eigenvalue weighted by atomic mass is 32.3. The van der Waals surface area contributed by atoms with E-state index in [0.29, 0.717) is 6.61 Å². The van der Waals surface area contributed by atoms with E-state index in [1.807, 2.05) is 91.0 Å². The van der Waals surface area contributed by atoms with E-state index in [1.54, 1.807) is 0 Å². The second-order valence-corrected chi connectivity index (χ2v) is 9.17. The number of benzene rings is 3. The highest BCUT2D eigenvalue weighted by Gasteiger charge is 2.40. The quantitative estimate of drug-likeness (QED) is 0.430. The molecule has 1 heterocycles. The number of hydrogen-bond acceptors (Lipinski definition) is 7. The molecule has 0 saturated carbocycles. The van der Waals surface area contributed by atoms with Gasteiger partial charge in [-0.25, -0.2) is 8.37 Å². The summed E-state index contributed by atoms with van der Waals surface area (Å²) in [5, 5.41) is 0. The molecule has 0 bridgehead atoms. The molecule has 1 aliphatic heterocycles. The average molecular weight is 485 g/mol. The lowest BCUT2D eigenvalue weighted by molar-refractivity contribution is -0.136. The van der Waals surface area contributed by atoms with E-state index >= 15 is 0 Å². The predicted molar refractivity (Wildman–Crippen MR) is 126 cm³/mol. The smallest absolute Gasteiger partial charge is 0.374 e. The summed E-state index contributed by atoms with van der Waals surface area (Å²) in [4.78, 5) is 0. The molecule has 34 heavy (non-hydrogen) atoms. The van der Waals surface area contributed by atoms with Gasteiger partial charge in [0.2, 0.25) is 0 Å². The van der Waals surface area contributed by atoms with Gasteiger partial charge in [0.1, 0.15) is 18.3 Å².